The zero-order chi connectivity index (χ0) is 22.3. The molecular formula is C28H35NOSi. The third-order valence-electron chi connectivity index (χ3n) is 6.28. The number of benzene rings is 2. The summed E-state index contributed by atoms with van der Waals surface area (Å²) in [6, 6.07) is 19.1. The Hall–Kier alpha value is -2.41. The van der Waals surface area contributed by atoms with Gasteiger partial charge < -0.3 is 4.43 Å². The van der Waals surface area contributed by atoms with Crippen LogP contribution in [0.1, 0.15) is 56.9 Å². The summed E-state index contributed by atoms with van der Waals surface area (Å²) in [7, 11) is -1.62. The standard InChI is InChI=1S/C28H35NOSi/c1-28(2,3)31(4,5)30-21-11-7-6-8-12-23-15-17-24(18-16-23)22-27-26-14-10-9-13-25(26)19-20-29-27/h9-10,13-20H,6-7,11,21-22H2,1-5H3. The summed E-state index contributed by atoms with van der Waals surface area (Å²) in [5.74, 6) is 6.62. The fourth-order valence-electron chi connectivity index (χ4n) is 3.25. The molecule has 0 saturated heterocycles. The summed E-state index contributed by atoms with van der Waals surface area (Å²) < 4.78 is 6.23. The van der Waals surface area contributed by atoms with Crippen molar-refractivity contribution in [1.29, 1.82) is 0 Å². The van der Waals surface area contributed by atoms with Crippen LogP contribution in [0.3, 0.4) is 0 Å². The van der Waals surface area contributed by atoms with Crippen LogP contribution in [0.5, 0.6) is 0 Å². The van der Waals surface area contributed by atoms with Gasteiger partial charge in [-0.05, 0) is 60.1 Å². The first-order valence-corrected chi connectivity index (χ1v) is 14.2. The lowest BCUT2D eigenvalue weighted by Crippen LogP contribution is -2.40. The Labute approximate surface area is 189 Å². The molecule has 3 aromatic rings. The predicted molar refractivity (Wildman–Crippen MR) is 135 cm³/mol. The molecule has 0 saturated carbocycles. The van der Waals surface area contributed by atoms with Gasteiger partial charge in [0.1, 0.15) is 0 Å². The first-order valence-electron chi connectivity index (χ1n) is 11.3. The van der Waals surface area contributed by atoms with Gasteiger partial charge in [0.15, 0.2) is 8.32 Å². The number of nitrogens with zero attached hydrogens (tertiary/aromatic N) is 1. The van der Waals surface area contributed by atoms with Crippen LogP contribution in [0.2, 0.25) is 18.1 Å². The quantitative estimate of drug-likeness (QED) is 0.222. The molecule has 0 aliphatic carbocycles. The lowest BCUT2D eigenvalue weighted by Gasteiger charge is -2.36. The summed E-state index contributed by atoms with van der Waals surface area (Å²) in [6.07, 6.45) is 5.82. The monoisotopic (exact) mass is 429 g/mol. The second-order valence-corrected chi connectivity index (χ2v) is 14.5. The zero-order valence-electron chi connectivity index (χ0n) is 19.7. The molecule has 0 amide bonds. The van der Waals surface area contributed by atoms with E-state index < -0.39 is 8.32 Å². The van der Waals surface area contributed by atoms with E-state index in [-0.39, 0.29) is 5.04 Å². The summed E-state index contributed by atoms with van der Waals surface area (Å²) in [6.45, 7) is 12.3. The van der Waals surface area contributed by atoms with E-state index in [0.717, 1.165) is 43.5 Å². The van der Waals surface area contributed by atoms with E-state index >= 15 is 0 Å². The molecule has 3 rings (SSSR count). The minimum absolute atomic E-state index is 0.280. The summed E-state index contributed by atoms with van der Waals surface area (Å²) in [4.78, 5) is 4.60. The largest absolute Gasteiger partial charge is 0.417 e. The fraction of sp³-hybridized carbons (Fsp3) is 0.393. The van der Waals surface area contributed by atoms with Crippen LogP contribution < -0.4 is 0 Å². The van der Waals surface area contributed by atoms with E-state index in [1.807, 2.05) is 6.20 Å². The van der Waals surface area contributed by atoms with Crippen LogP contribution in [-0.4, -0.2) is 19.9 Å². The van der Waals surface area contributed by atoms with Crippen LogP contribution in [0.15, 0.2) is 60.8 Å². The van der Waals surface area contributed by atoms with Crippen molar-refractivity contribution < 1.29 is 4.43 Å². The Balaban J connectivity index is 1.47. The SMILES string of the molecule is CC(C)(C)[Si](C)(C)OCCCCC#Cc1ccc(Cc2nccc3ccccc23)cc1. The van der Waals surface area contributed by atoms with E-state index in [9.17, 15) is 0 Å². The Kier molecular flexibility index (Phi) is 7.70. The van der Waals surface area contributed by atoms with E-state index in [2.05, 4.69) is 105 Å². The number of rotatable bonds is 7. The molecule has 2 aromatic carbocycles. The van der Waals surface area contributed by atoms with Crippen LogP contribution in [0.4, 0.5) is 0 Å². The molecule has 3 heteroatoms. The van der Waals surface area contributed by atoms with Crippen molar-refractivity contribution >= 4 is 19.1 Å². The Morgan fingerprint density at radius 2 is 1.68 bits per heavy atom. The predicted octanol–water partition coefficient (Wildman–Crippen LogP) is 7.37. The molecule has 2 nitrogen and oxygen atoms in total. The number of hydrogen-bond acceptors (Lipinski definition) is 2. The highest BCUT2D eigenvalue weighted by Crippen LogP contribution is 2.36. The first kappa shape index (κ1) is 23.3. The van der Waals surface area contributed by atoms with Gasteiger partial charge in [0.2, 0.25) is 0 Å². The average Bonchev–Trinajstić information content (AvgIpc) is 2.73. The molecule has 0 unspecified atom stereocenters. The minimum atomic E-state index is -1.62. The van der Waals surface area contributed by atoms with Crippen molar-refractivity contribution in [2.45, 2.75) is 64.6 Å². The summed E-state index contributed by atoms with van der Waals surface area (Å²) in [5, 5.41) is 2.75. The third kappa shape index (κ3) is 6.53. The number of aromatic nitrogens is 1. The molecule has 162 valence electrons. The topological polar surface area (TPSA) is 22.1 Å². The van der Waals surface area contributed by atoms with Crippen molar-refractivity contribution in [3.8, 4) is 11.8 Å². The minimum Gasteiger partial charge on any atom is -0.417 e. The van der Waals surface area contributed by atoms with E-state index in [0.29, 0.717) is 0 Å². The maximum Gasteiger partial charge on any atom is 0.191 e. The third-order valence-corrected chi connectivity index (χ3v) is 10.8. The molecule has 31 heavy (non-hydrogen) atoms. The molecule has 0 bridgehead atoms. The van der Waals surface area contributed by atoms with Gasteiger partial charge in [-0.1, -0.05) is 69.0 Å². The Morgan fingerprint density at radius 1 is 0.935 bits per heavy atom. The maximum absolute atomic E-state index is 6.23. The highest BCUT2D eigenvalue weighted by Gasteiger charge is 2.36. The number of pyridine rings is 1. The zero-order valence-corrected chi connectivity index (χ0v) is 20.7. The van der Waals surface area contributed by atoms with Gasteiger partial charge in [-0.25, -0.2) is 0 Å². The van der Waals surface area contributed by atoms with Crippen LogP contribution in [-0.2, 0) is 10.8 Å². The van der Waals surface area contributed by atoms with Gasteiger partial charge >= 0.3 is 0 Å². The van der Waals surface area contributed by atoms with E-state index in [1.54, 1.807) is 0 Å². The van der Waals surface area contributed by atoms with Gasteiger partial charge in [0, 0.05) is 36.6 Å². The van der Waals surface area contributed by atoms with Gasteiger partial charge in [-0.15, -0.1) is 0 Å². The molecular weight excluding hydrogens is 394 g/mol. The smallest absolute Gasteiger partial charge is 0.191 e. The van der Waals surface area contributed by atoms with Gasteiger partial charge in [-0.3, -0.25) is 4.98 Å². The van der Waals surface area contributed by atoms with E-state index in [4.69, 9.17) is 4.43 Å². The number of unbranched alkanes of at least 4 members (excludes halogenated alkanes) is 2. The molecule has 0 radical (unpaired) electrons. The Bertz CT molecular complexity index is 1050. The van der Waals surface area contributed by atoms with Crippen molar-refractivity contribution in [3.05, 3.63) is 77.6 Å². The lowest BCUT2D eigenvalue weighted by atomic mass is 10.0. The molecule has 1 heterocycles. The summed E-state index contributed by atoms with van der Waals surface area (Å²) in [5.41, 5.74) is 3.46. The van der Waals surface area contributed by atoms with Crippen molar-refractivity contribution in [2.24, 2.45) is 0 Å². The lowest BCUT2D eigenvalue weighted by molar-refractivity contribution is 0.280. The van der Waals surface area contributed by atoms with E-state index in [1.165, 1.54) is 16.3 Å². The maximum atomic E-state index is 6.23. The molecule has 0 atom stereocenters. The molecule has 0 aliphatic rings. The van der Waals surface area contributed by atoms with Gasteiger partial charge in [-0.2, -0.15) is 0 Å². The normalized spacial score (nSPS) is 11.9. The second kappa shape index (κ2) is 10.3. The van der Waals surface area contributed by atoms with Crippen molar-refractivity contribution in [2.75, 3.05) is 6.61 Å². The van der Waals surface area contributed by atoms with Crippen LogP contribution in [0, 0.1) is 11.8 Å². The number of fused-ring (bicyclic) bond motifs is 1. The number of hydrogen-bond donors (Lipinski definition) is 0. The average molecular weight is 430 g/mol. The molecule has 0 fully saturated rings. The Morgan fingerprint density at radius 3 is 2.42 bits per heavy atom. The van der Waals surface area contributed by atoms with Gasteiger partial charge in [0.05, 0.1) is 5.69 Å². The highest BCUT2D eigenvalue weighted by atomic mass is 28.4. The van der Waals surface area contributed by atoms with Crippen molar-refractivity contribution in [3.63, 3.8) is 0 Å². The second-order valence-electron chi connectivity index (χ2n) is 9.72. The summed E-state index contributed by atoms with van der Waals surface area (Å²) >= 11 is 0. The molecule has 0 spiro atoms. The van der Waals surface area contributed by atoms with Crippen molar-refractivity contribution in [1.82, 2.24) is 4.98 Å². The molecule has 1 aromatic heterocycles. The highest BCUT2D eigenvalue weighted by molar-refractivity contribution is 6.74. The van der Waals surface area contributed by atoms with Crippen LogP contribution in [0.25, 0.3) is 10.8 Å². The first-order chi connectivity index (χ1) is 14.8. The van der Waals surface area contributed by atoms with Crippen LogP contribution >= 0.6 is 0 Å². The molecule has 0 N–H and O–H groups in total. The van der Waals surface area contributed by atoms with Gasteiger partial charge in [0.25, 0.3) is 0 Å². The molecule has 0 aliphatic heterocycles. The fourth-order valence-corrected chi connectivity index (χ4v) is 4.33.